The van der Waals surface area contributed by atoms with E-state index in [0.717, 1.165) is 11.1 Å². The number of rotatable bonds is 21. The molecule has 5 atom stereocenters. The third-order valence-corrected chi connectivity index (χ3v) is 9.89. The Labute approximate surface area is 357 Å². The number of ketones is 1. The summed E-state index contributed by atoms with van der Waals surface area (Å²) < 4.78 is 17.0. The van der Waals surface area contributed by atoms with Crippen LogP contribution in [-0.4, -0.2) is 59.6 Å². The lowest BCUT2D eigenvalue weighted by molar-refractivity contribution is -0.157. The smallest absolute Gasteiger partial charge is 0.408 e. The summed E-state index contributed by atoms with van der Waals surface area (Å²) >= 11 is 0. The van der Waals surface area contributed by atoms with Crippen LogP contribution in [0.1, 0.15) is 74.9 Å². The van der Waals surface area contributed by atoms with E-state index in [1.165, 1.54) is 5.01 Å². The molecule has 3 amide bonds. The summed E-state index contributed by atoms with van der Waals surface area (Å²) in [4.78, 5) is 68.6. The molecular formula is C47H56N6O8. The van der Waals surface area contributed by atoms with E-state index in [1.807, 2.05) is 48.5 Å². The lowest BCUT2D eigenvalue weighted by Gasteiger charge is -2.37. The summed E-state index contributed by atoms with van der Waals surface area (Å²) in [7, 11) is 0. The van der Waals surface area contributed by atoms with E-state index in [9.17, 15) is 29.2 Å². The molecule has 0 radical (unpaired) electrons. The van der Waals surface area contributed by atoms with Crippen molar-refractivity contribution >= 4 is 29.8 Å². The molecule has 322 valence electrons. The first-order chi connectivity index (χ1) is 29.3. The van der Waals surface area contributed by atoms with E-state index in [2.05, 4.69) is 22.1 Å². The van der Waals surface area contributed by atoms with Gasteiger partial charge in [-0.2, -0.15) is 5.26 Å². The van der Waals surface area contributed by atoms with Crippen molar-refractivity contribution in [3.05, 3.63) is 143 Å². The Balaban J connectivity index is 1.70. The molecule has 4 rings (SSSR count). The van der Waals surface area contributed by atoms with Gasteiger partial charge in [-0.25, -0.2) is 14.6 Å². The lowest BCUT2D eigenvalue weighted by atomic mass is 9.80. The Morgan fingerprint density at radius 3 is 1.66 bits per heavy atom. The van der Waals surface area contributed by atoms with Crippen molar-refractivity contribution in [1.29, 1.82) is 5.26 Å². The van der Waals surface area contributed by atoms with Crippen molar-refractivity contribution in [2.75, 3.05) is 6.54 Å². The predicted molar refractivity (Wildman–Crippen MR) is 229 cm³/mol. The van der Waals surface area contributed by atoms with E-state index in [0.29, 0.717) is 16.7 Å². The van der Waals surface area contributed by atoms with Gasteiger partial charge in [-0.3, -0.25) is 19.8 Å². The maximum atomic E-state index is 15.0. The maximum absolute atomic E-state index is 15.0. The van der Waals surface area contributed by atoms with E-state index < -0.39 is 71.8 Å². The number of esters is 1. The molecule has 0 spiro atoms. The van der Waals surface area contributed by atoms with Gasteiger partial charge in [0.25, 0.3) is 5.91 Å². The van der Waals surface area contributed by atoms with E-state index in [4.69, 9.17) is 19.9 Å². The molecule has 61 heavy (non-hydrogen) atoms. The van der Waals surface area contributed by atoms with E-state index >= 15 is 0 Å². The van der Waals surface area contributed by atoms with Crippen LogP contribution >= 0.6 is 0 Å². The Kier molecular flexibility index (Phi) is 18.5. The third kappa shape index (κ3) is 14.9. The topological polar surface area (TPSA) is 202 Å². The van der Waals surface area contributed by atoms with Gasteiger partial charge in [0.15, 0.2) is 5.78 Å². The summed E-state index contributed by atoms with van der Waals surface area (Å²) in [6.07, 6.45) is -2.96. The average molecular weight is 833 g/mol. The highest BCUT2D eigenvalue weighted by Crippen LogP contribution is 2.29. The highest BCUT2D eigenvalue weighted by atomic mass is 16.6. The molecule has 0 aromatic heterocycles. The standard InChI is InChI=1S/C47H56N6O8/c1-6-39(54)61-38(40(41(49)37-20-14-9-15-21-37)44(55)42(31(2)3)50-46(57)59-29-35-16-10-7-11-17-35)28-53(27-34-24-22-33(26-48)23-25-34)52-45(56)43(32(4)5)51-47(58)60-30-36-18-12-8-13-19-36/h7-25,31-32,38,40-43H,6,27-30,49H2,1-5H3,(H,50,57)(H,51,58)(H,52,56)/t38?,40?,41?,42-,43-/m0/s1. The van der Waals surface area contributed by atoms with Gasteiger partial charge >= 0.3 is 18.2 Å². The molecule has 0 saturated heterocycles. The van der Waals surface area contributed by atoms with Gasteiger partial charge in [-0.1, -0.05) is 138 Å². The third-order valence-electron chi connectivity index (χ3n) is 9.89. The van der Waals surface area contributed by atoms with Crippen LogP contribution in [0, 0.1) is 29.1 Å². The first-order valence-corrected chi connectivity index (χ1v) is 20.3. The lowest BCUT2D eigenvalue weighted by Crippen LogP contribution is -2.58. The number of amides is 3. The summed E-state index contributed by atoms with van der Waals surface area (Å²) in [6, 6.07) is 32.5. The van der Waals surface area contributed by atoms with Gasteiger partial charge < -0.3 is 30.6 Å². The number of hydrogen-bond donors (Lipinski definition) is 4. The van der Waals surface area contributed by atoms with Crippen molar-refractivity contribution < 1.29 is 38.2 Å². The Morgan fingerprint density at radius 1 is 0.689 bits per heavy atom. The number of benzene rings is 4. The SMILES string of the molecule is CCC(=O)OC(CN(Cc1ccc(C#N)cc1)NC(=O)[C@@H](NC(=O)OCc1ccccc1)C(C)C)C(C(=O)[C@@H](NC(=O)OCc1ccccc1)C(C)C)C(N)c1ccccc1. The molecule has 0 aliphatic heterocycles. The van der Waals surface area contributed by atoms with Gasteiger partial charge in [0.1, 0.15) is 25.4 Å². The molecule has 0 heterocycles. The zero-order chi connectivity index (χ0) is 44.3. The molecule has 0 aliphatic rings. The minimum absolute atomic E-state index is 0.0114. The van der Waals surface area contributed by atoms with Crippen LogP contribution in [0.4, 0.5) is 9.59 Å². The number of hydrogen-bond acceptors (Lipinski definition) is 11. The predicted octanol–water partition coefficient (Wildman–Crippen LogP) is 6.50. The highest BCUT2D eigenvalue weighted by molar-refractivity contribution is 5.91. The van der Waals surface area contributed by atoms with Crippen molar-refractivity contribution in [3.63, 3.8) is 0 Å². The molecule has 4 aromatic rings. The maximum Gasteiger partial charge on any atom is 0.408 e. The van der Waals surface area contributed by atoms with E-state index in [-0.39, 0.29) is 32.7 Å². The molecule has 0 fully saturated rings. The van der Waals surface area contributed by atoms with Crippen LogP contribution in [0.2, 0.25) is 0 Å². The van der Waals surface area contributed by atoms with Crippen molar-refractivity contribution in [1.82, 2.24) is 21.1 Å². The van der Waals surface area contributed by atoms with Gasteiger partial charge in [0.2, 0.25) is 0 Å². The summed E-state index contributed by atoms with van der Waals surface area (Å²) in [5.74, 6) is -3.91. The zero-order valence-electron chi connectivity index (χ0n) is 35.3. The van der Waals surface area contributed by atoms with Gasteiger partial charge in [-0.05, 0) is 46.2 Å². The number of nitrogens with two attached hydrogens (primary N) is 1. The summed E-state index contributed by atoms with van der Waals surface area (Å²) in [5.41, 5.74) is 13.0. The fourth-order valence-electron chi connectivity index (χ4n) is 6.54. The largest absolute Gasteiger partial charge is 0.460 e. The Bertz CT molecular complexity index is 2060. The van der Waals surface area contributed by atoms with Crippen LogP contribution in [0.5, 0.6) is 0 Å². The molecule has 0 aliphatic carbocycles. The van der Waals surface area contributed by atoms with E-state index in [1.54, 1.807) is 101 Å². The number of nitrogens with one attached hydrogen (secondary N) is 3. The van der Waals surface area contributed by atoms with Gasteiger partial charge in [0.05, 0.1) is 30.1 Å². The molecule has 0 bridgehead atoms. The Morgan fingerprint density at radius 2 is 1.18 bits per heavy atom. The number of Topliss-reactive ketones (excluding diaryl/α,β-unsaturated/α-hetero) is 1. The molecule has 0 saturated carbocycles. The van der Waals surface area contributed by atoms with Gasteiger partial charge in [0, 0.05) is 19.0 Å². The second-order valence-electron chi connectivity index (χ2n) is 15.3. The summed E-state index contributed by atoms with van der Waals surface area (Å²) in [5, 5.41) is 16.3. The number of hydrazine groups is 1. The number of carbonyl (C=O) groups is 5. The number of ether oxygens (including phenoxy) is 3. The molecule has 14 nitrogen and oxygen atoms in total. The fourth-order valence-corrected chi connectivity index (χ4v) is 6.54. The monoisotopic (exact) mass is 832 g/mol. The van der Waals surface area contributed by atoms with Crippen LogP contribution in [0.3, 0.4) is 0 Å². The molecule has 3 unspecified atom stereocenters. The quantitative estimate of drug-likeness (QED) is 0.0406. The first kappa shape index (κ1) is 47.1. The number of carbonyl (C=O) groups excluding carboxylic acids is 5. The molecular weight excluding hydrogens is 777 g/mol. The molecule has 5 N–H and O–H groups in total. The van der Waals surface area contributed by atoms with Crippen LogP contribution < -0.4 is 21.8 Å². The fraction of sp³-hybridized carbons (Fsp3) is 0.362. The normalized spacial score (nSPS) is 13.5. The number of nitriles is 1. The number of alkyl carbamates (subject to hydrolysis) is 2. The Hall–Kier alpha value is -6.56. The van der Waals surface area contributed by atoms with Crippen molar-refractivity contribution in [2.45, 2.75) is 85.0 Å². The average Bonchev–Trinajstić information content (AvgIpc) is 3.26. The van der Waals surface area contributed by atoms with Gasteiger partial charge in [-0.15, -0.1) is 0 Å². The minimum atomic E-state index is -1.29. The zero-order valence-corrected chi connectivity index (χ0v) is 35.3. The van der Waals surface area contributed by atoms with Crippen molar-refractivity contribution in [2.24, 2.45) is 23.5 Å². The minimum Gasteiger partial charge on any atom is -0.460 e. The van der Waals surface area contributed by atoms with Crippen molar-refractivity contribution in [3.8, 4) is 6.07 Å². The molecule has 14 heteroatoms. The highest BCUT2D eigenvalue weighted by Gasteiger charge is 2.43. The second kappa shape index (κ2) is 23.9. The molecule has 4 aromatic carbocycles. The van der Waals surface area contributed by atoms with Crippen LogP contribution in [-0.2, 0) is 48.4 Å². The first-order valence-electron chi connectivity index (χ1n) is 20.3. The van der Waals surface area contributed by atoms with Crippen LogP contribution in [0.25, 0.3) is 0 Å². The number of nitrogens with zero attached hydrogens (tertiary/aromatic N) is 2. The second-order valence-corrected chi connectivity index (χ2v) is 15.3. The van der Waals surface area contributed by atoms with Crippen LogP contribution in [0.15, 0.2) is 115 Å². The summed E-state index contributed by atoms with van der Waals surface area (Å²) in [6.45, 7) is 8.37.